The van der Waals surface area contributed by atoms with Crippen molar-refractivity contribution in [2.75, 3.05) is 5.32 Å². The van der Waals surface area contributed by atoms with Crippen molar-refractivity contribution < 1.29 is 9.18 Å². The zero-order chi connectivity index (χ0) is 17.3. The first-order valence-electron chi connectivity index (χ1n) is 6.48. The van der Waals surface area contributed by atoms with Gasteiger partial charge in [0.15, 0.2) is 5.13 Å². The molecule has 0 atom stereocenters. The monoisotopic (exact) mass is 401 g/mol. The summed E-state index contributed by atoms with van der Waals surface area (Å²) in [5, 5.41) is 4.87. The number of carbonyl (C=O) groups is 1. The number of nitrogens with one attached hydrogen (secondary N) is 1. The lowest BCUT2D eigenvalue weighted by Crippen LogP contribution is -2.14. The highest BCUT2D eigenvalue weighted by atomic mass is 35.5. The lowest BCUT2D eigenvalue weighted by atomic mass is 10.2. The normalized spacial score (nSPS) is 10.7. The summed E-state index contributed by atoms with van der Waals surface area (Å²) in [7, 11) is 0. The first kappa shape index (κ1) is 17.1. The van der Waals surface area contributed by atoms with Crippen molar-refractivity contribution in [2.45, 2.75) is 0 Å². The second kappa shape index (κ2) is 7.03. The molecule has 0 unspecified atom stereocenters. The van der Waals surface area contributed by atoms with E-state index in [-0.39, 0.29) is 26.6 Å². The largest absolute Gasteiger partial charge is 0.296 e. The van der Waals surface area contributed by atoms with Crippen LogP contribution < -0.4 is 5.32 Å². The molecule has 0 aliphatic carbocycles. The van der Waals surface area contributed by atoms with Crippen molar-refractivity contribution >= 4 is 57.2 Å². The Hall–Kier alpha value is -1.73. The van der Waals surface area contributed by atoms with E-state index in [2.05, 4.69) is 15.3 Å². The van der Waals surface area contributed by atoms with Crippen LogP contribution in [0.3, 0.4) is 0 Å². The van der Waals surface area contributed by atoms with E-state index in [1.165, 1.54) is 29.7 Å². The molecule has 0 fully saturated rings. The van der Waals surface area contributed by atoms with Gasteiger partial charge in [-0.05, 0) is 24.3 Å². The predicted molar refractivity (Wildman–Crippen MR) is 94.7 cm³/mol. The predicted octanol–water partition coefficient (Wildman–Crippen LogP) is 5.56. The first-order chi connectivity index (χ1) is 11.5. The number of halogens is 4. The van der Waals surface area contributed by atoms with Crippen LogP contribution in [0.5, 0.6) is 0 Å². The van der Waals surface area contributed by atoms with Gasteiger partial charge in [-0.25, -0.2) is 14.4 Å². The van der Waals surface area contributed by atoms with Gasteiger partial charge in [-0.3, -0.25) is 10.1 Å². The molecule has 0 radical (unpaired) electrons. The number of amides is 1. The van der Waals surface area contributed by atoms with E-state index >= 15 is 0 Å². The standard InChI is InChI=1S/C15H7Cl3FN3OS/c16-9-5-20-13(12(18)11(9)17)14(23)22-15-21-10(6-24-15)7-1-3-8(19)4-2-7/h1-6H,(H,21,22,23). The van der Waals surface area contributed by atoms with Crippen molar-refractivity contribution in [2.24, 2.45) is 0 Å². The summed E-state index contributed by atoms with van der Waals surface area (Å²) >= 11 is 18.9. The molecule has 3 rings (SSSR count). The Kier molecular flexibility index (Phi) is 5.01. The molecule has 1 N–H and O–H groups in total. The molecular weight excluding hydrogens is 396 g/mol. The molecule has 1 aromatic carbocycles. The number of hydrogen-bond acceptors (Lipinski definition) is 4. The lowest BCUT2D eigenvalue weighted by molar-refractivity contribution is 0.102. The van der Waals surface area contributed by atoms with Crippen LogP contribution in [0.1, 0.15) is 10.5 Å². The number of thiazole rings is 1. The van der Waals surface area contributed by atoms with Gasteiger partial charge >= 0.3 is 0 Å². The minimum atomic E-state index is -0.557. The van der Waals surface area contributed by atoms with Crippen LogP contribution in [-0.2, 0) is 0 Å². The maximum Gasteiger partial charge on any atom is 0.277 e. The average Bonchev–Trinajstić information content (AvgIpc) is 3.01. The maximum absolute atomic E-state index is 13.0. The van der Waals surface area contributed by atoms with Crippen molar-refractivity contribution in [1.29, 1.82) is 0 Å². The van der Waals surface area contributed by atoms with E-state index < -0.39 is 5.91 Å². The molecule has 0 saturated carbocycles. The van der Waals surface area contributed by atoms with Crippen molar-refractivity contribution in [1.82, 2.24) is 9.97 Å². The molecule has 0 saturated heterocycles. The quantitative estimate of drug-likeness (QED) is 0.624. The van der Waals surface area contributed by atoms with Gasteiger partial charge in [0.2, 0.25) is 0 Å². The number of anilines is 1. The van der Waals surface area contributed by atoms with Gasteiger partial charge < -0.3 is 0 Å². The number of aromatic nitrogens is 2. The molecule has 0 aliphatic heterocycles. The molecule has 2 heterocycles. The fraction of sp³-hybridized carbons (Fsp3) is 0. The first-order valence-corrected chi connectivity index (χ1v) is 8.49. The van der Waals surface area contributed by atoms with Gasteiger partial charge in [-0.15, -0.1) is 11.3 Å². The van der Waals surface area contributed by atoms with Crippen LogP contribution in [0, 0.1) is 5.82 Å². The second-order valence-electron chi connectivity index (χ2n) is 4.58. The van der Waals surface area contributed by atoms with E-state index in [9.17, 15) is 9.18 Å². The van der Waals surface area contributed by atoms with Gasteiger partial charge in [-0.2, -0.15) is 0 Å². The smallest absolute Gasteiger partial charge is 0.277 e. The van der Waals surface area contributed by atoms with Crippen LogP contribution in [-0.4, -0.2) is 15.9 Å². The topological polar surface area (TPSA) is 54.9 Å². The third-order valence-electron chi connectivity index (χ3n) is 3.00. The zero-order valence-corrected chi connectivity index (χ0v) is 14.8. The van der Waals surface area contributed by atoms with Gasteiger partial charge in [0.1, 0.15) is 11.5 Å². The van der Waals surface area contributed by atoms with Crippen molar-refractivity contribution in [3.8, 4) is 11.3 Å². The van der Waals surface area contributed by atoms with Crippen LogP contribution in [0.25, 0.3) is 11.3 Å². The molecular formula is C15H7Cl3FN3OS. The molecule has 1 amide bonds. The summed E-state index contributed by atoms with van der Waals surface area (Å²) in [6.07, 6.45) is 1.25. The van der Waals surface area contributed by atoms with E-state index in [0.29, 0.717) is 10.8 Å². The molecule has 122 valence electrons. The molecule has 9 heteroatoms. The number of rotatable bonds is 3. The zero-order valence-electron chi connectivity index (χ0n) is 11.7. The summed E-state index contributed by atoms with van der Waals surface area (Å²) in [4.78, 5) is 20.4. The van der Waals surface area contributed by atoms with Gasteiger partial charge in [0, 0.05) is 17.1 Å². The van der Waals surface area contributed by atoms with E-state index in [1.807, 2.05) is 0 Å². The minimum absolute atomic E-state index is 0.0306. The molecule has 4 nitrogen and oxygen atoms in total. The molecule has 0 bridgehead atoms. The Bertz CT molecular complexity index is 915. The SMILES string of the molecule is O=C(Nc1nc(-c2ccc(F)cc2)cs1)c1ncc(Cl)c(Cl)c1Cl. The second-order valence-corrected chi connectivity index (χ2v) is 6.60. The highest BCUT2D eigenvalue weighted by Crippen LogP contribution is 2.32. The van der Waals surface area contributed by atoms with Crippen LogP contribution in [0.2, 0.25) is 15.1 Å². The van der Waals surface area contributed by atoms with Gasteiger partial charge in [0.25, 0.3) is 5.91 Å². The summed E-state index contributed by atoms with van der Waals surface area (Å²) in [6, 6.07) is 5.89. The van der Waals surface area contributed by atoms with Gasteiger partial charge in [0.05, 0.1) is 20.8 Å². The molecule has 0 aliphatic rings. The van der Waals surface area contributed by atoms with Gasteiger partial charge in [-0.1, -0.05) is 34.8 Å². The summed E-state index contributed by atoms with van der Waals surface area (Å²) in [5.41, 5.74) is 1.30. The lowest BCUT2D eigenvalue weighted by Gasteiger charge is -2.05. The number of hydrogen-bond donors (Lipinski definition) is 1. The summed E-state index contributed by atoms with van der Waals surface area (Å²) < 4.78 is 13.0. The summed E-state index contributed by atoms with van der Waals surface area (Å²) in [5.74, 6) is -0.888. The van der Waals surface area contributed by atoms with Crippen molar-refractivity contribution in [3.05, 3.63) is 62.4 Å². The number of nitrogens with zero attached hydrogens (tertiary/aromatic N) is 2. The molecule has 2 aromatic heterocycles. The Labute approximate surface area is 155 Å². The minimum Gasteiger partial charge on any atom is -0.296 e. The molecule has 3 aromatic rings. The van der Waals surface area contributed by atoms with E-state index in [1.54, 1.807) is 17.5 Å². The molecule has 24 heavy (non-hydrogen) atoms. The third-order valence-corrected chi connectivity index (χ3v) is 5.00. The average molecular weight is 403 g/mol. The van der Waals surface area contributed by atoms with Crippen molar-refractivity contribution in [3.63, 3.8) is 0 Å². The molecule has 0 spiro atoms. The fourth-order valence-electron chi connectivity index (χ4n) is 1.84. The number of benzene rings is 1. The highest BCUT2D eigenvalue weighted by molar-refractivity contribution is 7.14. The highest BCUT2D eigenvalue weighted by Gasteiger charge is 2.18. The Balaban J connectivity index is 1.81. The number of carbonyl (C=O) groups excluding carboxylic acids is 1. The number of pyridine rings is 1. The maximum atomic E-state index is 13.0. The van der Waals surface area contributed by atoms with Crippen LogP contribution in [0.15, 0.2) is 35.8 Å². The van der Waals surface area contributed by atoms with Crippen LogP contribution in [0.4, 0.5) is 9.52 Å². The Morgan fingerprint density at radius 2 is 1.83 bits per heavy atom. The Morgan fingerprint density at radius 1 is 1.12 bits per heavy atom. The fourth-order valence-corrected chi connectivity index (χ4v) is 3.12. The Morgan fingerprint density at radius 3 is 2.54 bits per heavy atom. The third kappa shape index (κ3) is 3.52. The summed E-state index contributed by atoms with van der Waals surface area (Å²) in [6.45, 7) is 0. The van der Waals surface area contributed by atoms with E-state index in [4.69, 9.17) is 34.8 Å². The van der Waals surface area contributed by atoms with E-state index in [0.717, 1.165) is 5.56 Å². The van der Waals surface area contributed by atoms with Crippen LogP contribution >= 0.6 is 46.1 Å².